The van der Waals surface area contributed by atoms with E-state index in [2.05, 4.69) is 16.4 Å². The van der Waals surface area contributed by atoms with Crippen molar-refractivity contribution in [2.75, 3.05) is 13.3 Å². The quantitative estimate of drug-likeness (QED) is 0.239. The van der Waals surface area contributed by atoms with Crippen LogP contribution in [0.5, 0.6) is 0 Å². The van der Waals surface area contributed by atoms with Crippen LogP contribution in [0, 0.1) is 0 Å². The third-order valence-electron chi connectivity index (χ3n) is 0.747. The smallest absolute Gasteiger partial charge is 0.122 e. The van der Waals surface area contributed by atoms with E-state index in [0.717, 1.165) is 0 Å². The first-order valence-electron chi connectivity index (χ1n) is 2.87. The number of halogens is 1. The summed E-state index contributed by atoms with van der Waals surface area (Å²) in [5, 5.41) is 0. The molecule has 0 radical (unpaired) electrons. The zero-order chi connectivity index (χ0) is 6.95. The van der Waals surface area contributed by atoms with Crippen molar-refractivity contribution in [2.45, 2.75) is 12.8 Å². The second-order valence-electron chi connectivity index (χ2n) is 1.48. The van der Waals surface area contributed by atoms with Gasteiger partial charge >= 0.3 is 0 Å². The number of unbranched alkanes of at least 4 members (excludes halogenated alkanes) is 1. The molecule has 0 saturated carbocycles. The first kappa shape index (κ1) is 8.43. The molecule has 0 atom stereocenters. The summed E-state index contributed by atoms with van der Waals surface area (Å²) in [6, 6.07) is 0. The molecule has 54 valence electrons. The van der Waals surface area contributed by atoms with E-state index in [1.807, 2.05) is 0 Å². The average Bonchev–Trinajstić information content (AvgIpc) is 1.89. The van der Waals surface area contributed by atoms with Crippen LogP contribution in [0.4, 0.5) is 4.39 Å². The highest BCUT2D eigenvalue weighted by molar-refractivity contribution is 4.42. The molecule has 3 heteroatoms. The van der Waals surface area contributed by atoms with Crippen LogP contribution in [-0.2, 0) is 9.78 Å². The molecule has 0 aliphatic rings. The standard InChI is InChI=1S/C6H11FO2/c1-2-8-9-6-4-3-5-7/h2H,1,3-6H2. The van der Waals surface area contributed by atoms with Crippen LogP contribution in [0.3, 0.4) is 0 Å². The molecule has 0 spiro atoms. The zero-order valence-electron chi connectivity index (χ0n) is 5.31. The molecule has 0 heterocycles. The Morgan fingerprint density at radius 2 is 2.22 bits per heavy atom. The Labute approximate surface area is 54.2 Å². The minimum absolute atomic E-state index is 0.294. The first-order chi connectivity index (χ1) is 4.41. The van der Waals surface area contributed by atoms with Gasteiger partial charge in [-0.15, -0.1) is 0 Å². The number of alkyl halides is 1. The lowest BCUT2D eigenvalue weighted by atomic mass is 10.3. The van der Waals surface area contributed by atoms with Gasteiger partial charge in [-0.25, -0.2) is 0 Å². The van der Waals surface area contributed by atoms with Gasteiger partial charge in [-0.1, -0.05) is 6.58 Å². The lowest BCUT2D eigenvalue weighted by molar-refractivity contribution is -0.248. The molecule has 0 amide bonds. The summed E-state index contributed by atoms with van der Waals surface area (Å²) in [4.78, 5) is 8.82. The second kappa shape index (κ2) is 7.43. The molecule has 0 rings (SSSR count). The van der Waals surface area contributed by atoms with Gasteiger partial charge in [0.2, 0.25) is 0 Å². The van der Waals surface area contributed by atoms with E-state index in [-0.39, 0.29) is 6.67 Å². The SMILES string of the molecule is C=COOCCCCF. The highest BCUT2D eigenvalue weighted by Gasteiger charge is 1.86. The molecule has 0 aromatic heterocycles. The molecule has 0 aliphatic heterocycles. The number of hydrogen-bond donors (Lipinski definition) is 0. The van der Waals surface area contributed by atoms with Crippen molar-refractivity contribution in [1.82, 2.24) is 0 Å². The van der Waals surface area contributed by atoms with Gasteiger partial charge in [-0.05, 0) is 12.8 Å². The van der Waals surface area contributed by atoms with Crippen molar-refractivity contribution < 1.29 is 14.2 Å². The fourth-order valence-electron chi connectivity index (χ4n) is 0.352. The van der Waals surface area contributed by atoms with Crippen molar-refractivity contribution in [2.24, 2.45) is 0 Å². The summed E-state index contributed by atoms with van der Waals surface area (Å²) in [6.07, 6.45) is 2.40. The van der Waals surface area contributed by atoms with Crippen molar-refractivity contribution in [3.63, 3.8) is 0 Å². The summed E-state index contributed by atoms with van der Waals surface area (Å²) < 4.78 is 11.4. The molecule has 2 nitrogen and oxygen atoms in total. The molecule has 9 heavy (non-hydrogen) atoms. The Balaban J connectivity index is 2.66. The van der Waals surface area contributed by atoms with Crippen LogP contribution >= 0.6 is 0 Å². The highest BCUT2D eigenvalue weighted by Crippen LogP contribution is 1.90. The third kappa shape index (κ3) is 7.43. The van der Waals surface area contributed by atoms with E-state index >= 15 is 0 Å². The van der Waals surface area contributed by atoms with E-state index in [0.29, 0.717) is 19.4 Å². The molecule has 0 bridgehead atoms. The third-order valence-corrected chi connectivity index (χ3v) is 0.747. The van der Waals surface area contributed by atoms with Gasteiger partial charge in [-0.3, -0.25) is 4.39 Å². The van der Waals surface area contributed by atoms with E-state index in [1.54, 1.807) is 0 Å². The molecule has 0 aromatic carbocycles. The van der Waals surface area contributed by atoms with Crippen LogP contribution in [0.2, 0.25) is 0 Å². The van der Waals surface area contributed by atoms with Gasteiger partial charge in [0.25, 0.3) is 0 Å². The summed E-state index contributed by atoms with van der Waals surface area (Å²) in [5.74, 6) is 0. The van der Waals surface area contributed by atoms with Crippen LogP contribution in [0.15, 0.2) is 12.8 Å². The van der Waals surface area contributed by atoms with Gasteiger partial charge in [0.15, 0.2) is 0 Å². The lowest BCUT2D eigenvalue weighted by Crippen LogP contribution is -1.91. The van der Waals surface area contributed by atoms with Gasteiger partial charge in [0.05, 0.1) is 13.3 Å². The fraction of sp³-hybridized carbons (Fsp3) is 0.667. The topological polar surface area (TPSA) is 18.5 Å². The average molecular weight is 134 g/mol. The van der Waals surface area contributed by atoms with Crippen molar-refractivity contribution >= 4 is 0 Å². The van der Waals surface area contributed by atoms with E-state index in [1.165, 1.54) is 6.26 Å². The van der Waals surface area contributed by atoms with Crippen molar-refractivity contribution in [1.29, 1.82) is 0 Å². The van der Waals surface area contributed by atoms with Gasteiger partial charge < -0.3 is 4.89 Å². The molecule has 0 aromatic rings. The molecule has 0 N–H and O–H groups in total. The van der Waals surface area contributed by atoms with Gasteiger partial charge in [0.1, 0.15) is 6.26 Å². The van der Waals surface area contributed by atoms with Crippen molar-refractivity contribution in [3.8, 4) is 0 Å². The van der Waals surface area contributed by atoms with E-state index in [4.69, 9.17) is 0 Å². The monoisotopic (exact) mass is 134 g/mol. The van der Waals surface area contributed by atoms with Crippen LogP contribution in [0.1, 0.15) is 12.8 Å². The maximum Gasteiger partial charge on any atom is 0.122 e. The zero-order valence-corrected chi connectivity index (χ0v) is 5.31. The normalized spacial score (nSPS) is 9.00. The highest BCUT2D eigenvalue weighted by atomic mass is 19.1. The van der Waals surface area contributed by atoms with Crippen LogP contribution in [0.25, 0.3) is 0 Å². The summed E-state index contributed by atoms with van der Waals surface area (Å²) in [5.41, 5.74) is 0. The molecule has 0 saturated heterocycles. The maximum absolute atomic E-state index is 11.4. The maximum atomic E-state index is 11.4. The molecular formula is C6H11FO2. The summed E-state index contributed by atoms with van der Waals surface area (Å²) in [7, 11) is 0. The van der Waals surface area contributed by atoms with E-state index < -0.39 is 0 Å². The predicted octanol–water partition coefficient (Wildman–Crippen LogP) is 1.83. The summed E-state index contributed by atoms with van der Waals surface area (Å²) >= 11 is 0. The minimum Gasteiger partial charge on any atom is -0.346 e. The Morgan fingerprint density at radius 3 is 2.78 bits per heavy atom. The Kier molecular flexibility index (Phi) is 6.96. The number of rotatable bonds is 6. The molecular weight excluding hydrogens is 123 g/mol. The van der Waals surface area contributed by atoms with Crippen molar-refractivity contribution in [3.05, 3.63) is 12.8 Å². The predicted molar refractivity (Wildman–Crippen MR) is 32.4 cm³/mol. The van der Waals surface area contributed by atoms with Gasteiger partial charge in [-0.2, -0.15) is 4.89 Å². The lowest BCUT2D eigenvalue weighted by Gasteiger charge is -1.96. The summed E-state index contributed by atoms with van der Waals surface area (Å²) in [6.45, 7) is 3.39. The number of hydrogen-bond acceptors (Lipinski definition) is 2. The van der Waals surface area contributed by atoms with Gasteiger partial charge in [0, 0.05) is 0 Å². The fourth-order valence-corrected chi connectivity index (χ4v) is 0.352. The Bertz CT molecular complexity index is 66.1. The molecule has 0 fully saturated rings. The molecule has 0 unspecified atom stereocenters. The minimum atomic E-state index is -0.294. The van der Waals surface area contributed by atoms with Crippen LogP contribution < -0.4 is 0 Å². The largest absolute Gasteiger partial charge is 0.346 e. The first-order valence-corrected chi connectivity index (χ1v) is 2.87. The second-order valence-corrected chi connectivity index (χ2v) is 1.48. The Hall–Kier alpha value is -0.570. The Morgan fingerprint density at radius 1 is 1.44 bits per heavy atom. The van der Waals surface area contributed by atoms with Crippen LogP contribution in [-0.4, -0.2) is 13.3 Å². The molecule has 0 aliphatic carbocycles. The van der Waals surface area contributed by atoms with E-state index in [9.17, 15) is 4.39 Å².